The zero-order chi connectivity index (χ0) is 18.7. The fraction of sp³-hybridized carbons (Fsp3) is 0.133. The Labute approximate surface area is 159 Å². The summed E-state index contributed by atoms with van der Waals surface area (Å²) in [6.45, 7) is 0. The number of hydrogen-bond donors (Lipinski definition) is 1. The molecular formula is C15H11BrF2N6OS. The molecule has 2 aromatic heterocycles. The number of thioether (sulfide) groups is 1. The Balaban J connectivity index is 1.67. The lowest BCUT2D eigenvalue weighted by Crippen LogP contribution is -2.16. The molecule has 134 valence electrons. The smallest absolute Gasteiger partial charge is 0.234 e. The fourth-order valence-corrected chi connectivity index (χ4v) is 3.26. The van der Waals surface area contributed by atoms with Crippen molar-refractivity contribution < 1.29 is 13.6 Å². The number of carbonyl (C=O) groups excluding carboxylic acids is 1. The Bertz CT molecular complexity index is 930. The maximum absolute atomic E-state index is 13.8. The number of amides is 1. The molecule has 11 heteroatoms. The van der Waals surface area contributed by atoms with E-state index in [0.29, 0.717) is 22.7 Å². The average molecular weight is 441 g/mol. The molecule has 0 atom stereocenters. The highest BCUT2D eigenvalue weighted by Crippen LogP contribution is 2.27. The van der Waals surface area contributed by atoms with Gasteiger partial charge in [0.15, 0.2) is 16.8 Å². The first-order chi connectivity index (χ1) is 12.5. The number of rotatable bonds is 5. The topological polar surface area (TPSA) is 85.6 Å². The second-order valence-corrected chi connectivity index (χ2v) is 6.83. The van der Waals surface area contributed by atoms with Crippen molar-refractivity contribution in [3.63, 3.8) is 0 Å². The maximum Gasteiger partial charge on any atom is 0.234 e. The molecular weight excluding hydrogens is 430 g/mol. The minimum Gasteiger partial charge on any atom is -0.322 e. The predicted octanol–water partition coefficient (Wildman–Crippen LogP) is 3.04. The fourth-order valence-electron chi connectivity index (χ4n) is 2.05. The van der Waals surface area contributed by atoms with Crippen molar-refractivity contribution in [2.24, 2.45) is 7.05 Å². The van der Waals surface area contributed by atoms with Gasteiger partial charge in [-0.25, -0.2) is 13.8 Å². The number of hydrogen-bond acceptors (Lipinski definition) is 6. The van der Waals surface area contributed by atoms with Crippen LogP contribution in [0, 0.1) is 11.6 Å². The summed E-state index contributed by atoms with van der Waals surface area (Å²) < 4.78 is 28.6. The molecule has 26 heavy (non-hydrogen) atoms. The van der Waals surface area contributed by atoms with Crippen molar-refractivity contribution in [1.82, 2.24) is 24.7 Å². The van der Waals surface area contributed by atoms with Gasteiger partial charge in [-0.1, -0.05) is 11.8 Å². The van der Waals surface area contributed by atoms with Gasteiger partial charge in [0.2, 0.25) is 5.91 Å². The van der Waals surface area contributed by atoms with E-state index >= 15 is 0 Å². The molecule has 0 saturated carbocycles. The number of nitrogens with one attached hydrogen (secondary N) is 1. The van der Waals surface area contributed by atoms with Gasteiger partial charge in [-0.15, -0.1) is 10.2 Å². The van der Waals surface area contributed by atoms with Crippen LogP contribution in [0.5, 0.6) is 0 Å². The number of nitrogens with zero attached hydrogens (tertiary/aromatic N) is 5. The van der Waals surface area contributed by atoms with Crippen molar-refractivity contribution in [2.75, 3.05) is 11.1 Å². The van der Waals surface area contributed by atoms with Crippen molar-refractivity contribution in [3.8, 4) is 11.5 Å². The summed E-state index contributed by atoms with van der Waals surface area (Å²) in [4.78, 5) is 20.2. The molecule has 3 rings (SSSR count). The summed E-state index contributed by atoms with van der Waals surface area (Å²) in [5.74, 6) is -1.59. The molecule has 0 saturated heterocycles. The first-order valence-electron chi connectivity index (χ1n) is 7.18. The zero-order valence-corrected chi connectivity index (χ0v) is 15.7. The lowest BCUT2D eigenvalue weighted by atomic mass is 10.3. The van der Waals surface area contributed by atoms with Crippen LogP contribution in [0.15, 0.2) is 40.4 Å². The van der Waals surface area contributed by atoms with Crippen LogP contribution in [0.1, 0.15) is 0 Å². The molecule has 0 radical (unpaired) electrons. The van der Waals surface area contributed by atoms with E-state index < -0.39 is 17.5 Å². The van der Waals surface area contributed by atoms with E-state index in [9.17, 15) is 13.6 Å². The van der Waals surface area contributed by atoms with Gasteiger partial charge in [-0.3, -0.25) is 9.78 Å². The summed E-state index contributed by atoms with van der Waals surface area (Å²) in [5, 5.41) is 10.9. The van der Waals surface area contributed by atoms with Crippen LogP contribution in [0.2, 0.25) is 0 Å². The van der Waals surface area contributed by atoms with E-state index in [-0.39, 0.29) is 15.9 Å². The van der Waals surface area contributed by atoms with E-state index in [0.717, 1.165) is 17.8 Å². The molecule has 0 spiro atoms. The van der Waals surface area contributed by atoms with Gasteiger partial charge >= 0.3 is 0 Å². The Kier molecular flexibility index (Phi) is 5.57. The number of anilines is 1. The van der Waals surface area contributed by atoms with Crippen LogP contribution in [0.4, 0.5) is 14.5 Å². The van der Waals surface area contributed by atoms with Gasteiger partial charge in [0.1, 0.15) is 11.5 Å². The Morgan fingerprint density at radius 2 is 2.12 bits per heavy atom. The Hall–Kier alpha value is -2.40. The molecule has 0 aliphatic heterocycles. The molecule has 1 N–H and O–H groups in total. The quantitative estimate of drug-likeness (QED) is 0.613. The third kappa shape index (κ3) is 4.05. The van der Waals surface area contributed by atoms with Crippen molar-refractivity contribution in [1.29, 1.82) is 0 Å². The Morgan fingerprint density at radius 1 is 1.31 bits per heavy atom. The lowest BCUT2D eigenvalue weighted by molar-refractivity contribution is -0.113. The van der Waals surface area contributed by atoms with Crippen molar-refractivity contribution >= 4 is 39.3 Å². The van der Waals surface area contributed by atoms with Crippen LogP contribution < -0.4 is 5.32 Å². The number of carbonyl (C=O) groups is 1. The van der Waals surface area contributed by atoms with Crippen molar-refractivity contribution in [3.05, 3.63) is 46.8 Å². The molecule has 0 fully saturated rings. The minimum absolute atomic E-state index is 0.0320. The van der Waals surface area contributed by atoms with Crippen LogP contribution in [-0.2, 0) is 11.8 Å². The second kappa shape index (κ2) is 7.87. The molecule has 3 aromatic rings. The SMILES string of the molecule is Cn1c(SCC(=O)Nc2c(F)cc(F)cc2Br)nnc1-c1cnccn1. The van der Waals surface area contributed by atoms with E-state index in [4.69, 9.17) is 0 Å². The number of halogens is 3. The highest BCUT2D eigenvalue weighted by atomic mass is 79.9. The molecule has 0 aliphatic rings. The predicted molar refractivity (Wildman–Crippen MR) is 95.4 cm³/mol. The van der Waals surface area contributed by atoms with Gasteiger partial charge in [-0.05, 0) is 22.0 Å². The van der Waals surface area contributed by atoms with Gasteiger partial charge in [0.25, 0.3) is 0 Å². The van der Waals surface area contributed by atoms with E-state index in [1.54, 1.807) is 30.2 Å². The van der Waals surface area contributed by atoms with Crippen LogP contribution in [0.3, 0.4) is 0 Å². The summed E-state index contributed by atoms with van der Waals surface area (Å²) in [6, 6.07) is 1.77. The molecule has 1 aromatic carbocycles. The van der Waals surface area contributed by atoms with Crippen molar-refractivity contribution in [2.45, 2.75) is 5.16 Å². The highest BCUT2D eigenvalue weighted by Gasteiger charge is 2.16. The summed E-state index contributed by atoms with van der Waals surface area (Å²) >= 11 is 4.14. The normalized spacial score (nSPS) is 10.8. The first kappa shape index (κ1) is 18.4. The van der Waals surface area contributed by atoms with Gasteiger partial charge in [0, 0.05) is 30.0 Å². The summed E-state index contributed by atoms with van der Waals surface area (Å²) in [6.07, 6.45) is 4.64. The zero-order valence-electron chi connectivity index (χ0n) is 13.3. The third-order valence-electron chi connectivity index (χ3n) is 3.23. The highest BCUT2D eigenvalue weighted by molar-refractivity contribution is 9.10. The molecule has 2 heterocycles. The molecule has 1 amide bonds. The molecule has 7 nitrogen and oxygen atoms in total. The second-order valence-electron chi connectivity index (χ2n) is 5.04. The number of aromatic nitrogens is 5. The van der Waals surface area contributed by atoms with E-state index in [1.165, 1.54) is 0 Å². The van der Waals surface area contributed by atoms with Crippen LogP contribution in [-0.4, -0.2) is 36.4 Å². The largest absolute Gasteiger partial charge is 0.322 e. The van der Waals surface area contributed by atoms with Crippen LogP contribution >= 0.6 is 27.7 Å². The van der Waals surface area contributed by atoms with E-state index in [1.807, 2.05) is 0 Å². The van der Waals surface area contributed by atoms with Gasteiger partial charge in [0.05, 0.1) is 17.6 Å². The molecule has 0 aliphatic carbocycles. The third-order valence-corrected chi connectivity index (χ3v) is 4.88. The summed E-state index contributed by atoms with van der Waals surface area (Å²) in [7, 11) is 1.74. The first-order valence-corrected chi connectivity index (χ1v) is 8.96. The maximum atomic E-state index is 13.8. The number of benzene rings is 1. The van der Waals surface area contributed by atoms with E-state index in [2.05, 4.69) is 41.4 Å². The van der Waals surface area contributed by atoms with Crippen LogP contribution in [0.25, 0.3) is 11.5 Å². The molecule has 0 unspecified atom stereocenters. The van der Waals surface area contributed by atoms with Gasteiger partial charge < -0.3 is 9.88 Å². The Morgan fingerprint density at radius 3 is 2.81 bits per heavy atom. The monoisotopic (exact) mass is 440 g/mol. The average Bonchev–Trinajstić information content (AvgIpc) is 2.98. The minimum atomic E-state index is -0.862. The van der Waals surface area contributed by atoms with Gasteiger partial charge in [-0.2, -0.15) is 0 Å². The standard InChI is InChI=1S/C15H11BrF2N6OS/c1-24-14(11-6-19-2-3-20-11)22-23-15(24)26-7-12(25)21-13-9(16)4-8(17)5-10(13)18/h2-6H,7H2,1H3,(H,21,25). The summed E-state index contributed by atoms with van der Waals surface area (Å²) in [5.41, 5.74) is 0.436. The molecule has 0 bridgehead atoms. The lowest BCUT2D eigenvalue weighted by Gasteiger charge is -2.08.